The Labute approximate surface area is 156 Å². The summed E-state index contributed by atoms with van der Waals surface area (Å²) in [5.74, 6) is 1.57. The highest BCUT2D eigenvalue weighted by atomic mass is 35.5. The summed E-state index contributed by atoms with van der Waals surface area (Å²) in [7, 11) is 4.59. The van der Waals surface area contributed by atoms with Crippen LogP contribution in [-0.2, 0) is 4.79 Å². The fourth-order valence-corrected chi connectivity index (χ4v) is 2.82. The van der Waals surface area contributed by atoms with Crippen molar-refractivity contribution in [2.45, 2.75) is 0 Å². The lowest BCUT2D eigenvalue weighted by atomic mass is 10.1. The summed E-state index contributed by atoms with van der Waals surface area (Å²) in [5, 5.41) is 3.25. The Morgan fingerprint density at radius 1 is 1.04 bits per heavy atom. The highest BCUT2D eigenvalue weighted by molar-refractivity contribution is 6.35. The minimum absolute atomic E-state index is 0.259. The average molecular weight is 373 g/mol. The fraction of sp³-hybridized carbons (Fsp3) is 0.158. The number of amides is 1. The molecule has 2 aromatic carbocycles. The molecule has 0 aliphatic carbocycles. The predicted molar refractivity (Wildman–Crippen MR) is 100 cm³/mol. The fourth-order valence-electron chi connectivity index (χ4n) is 2.59. The van der Waals surface area contributed by atoms with E-state index in [1.165, 1.54) is 21.3 Å². The quantitative estimate of drug-likeness (QED) is 0.818. The monoisotopic (exact) mass is 372 g/mol. The Morgan fingerprint density at radius 3 is 2.27 bits per heavy atom. The van der Waals surface area contributed by atoms with Gasteiger partial charge in [-0.25, -0.2) is 4.99 Å². The second kappa shape index (κ2) is 7.49. The summed E-state index contributed by atoms with van der Waals surface area (Å²) < 4.78 is 16.0. The van der Waals surface area contributed by atoms with Gasteiger partial charge in [0.05, 0.1) is 26.4 Å². The van der Waals surface area contributed by atoms with Crippen molar-refractivity contribution in [1.29, 1.82) is 0 Å². The van der Waals surface area contributed by atoms with Crippen molar-refractivity contribution >= 4 is 29.4 Å². The second-order valence-corrected chi connectivity index (χ2v) is 5.79. The van der Waals surface area contributed by atoms with Crippen molar-refractivity contribution < 1.29 is 19.0 Å². The first-order valence-corrected chi connectivity index (χ1v) is 8.11. The average Bonchev–Trinajstić information content (AvgIpc) is 3.01. The minimum atomic E-state index is -0.311. The number of carbonyl (C=O) groups excluding carboxylic acids is 1. The van der Waals surface area contributed by atoms with E-state index in [0.29, 0.717) is 39.2 Å². The summed E-state index contributed by atoms with van der Waals surface area (Å²) in [5.41, 5.74) is 1.61. The van der Waals surface area contributed by atoms with Crippen molar-refractivity contribution in [3.8, 4) is 17.2 Å². The van der Waals surface area contributed by atoms with Crippen LogP contribution in [0.15, 0.2) is 47.1 Å². The molecule has 6 nitrogen and oxygen atoms in total. The molecule has 1 N–H and O–H groups in total. The SMILES string of the molecule is COc1cc(C=C2N=C(c3ccccc3Cl)NC2=O)cc(OC)c1OC. The zero-order valence-electron chi connectivity index (χ0n) is 14.5. The maximum absolute atomic E-state index is 12.3. The molecule has 0 fully saturated rings. The Kier molecular flexibility index (Phi) is 5.14. The van der Waals surface area contributed by atoms with Crippen LogP contribution in [0.3, 0.4) is 0 Å². The maximum atomic E-state index is 12.3. The molecule has 0 radical (unpaired) electrons. The van der Waals surface area contributed by atoms with Crippen molar-refractivity contribution in [2.75, 3.05) is 21.3 Å². The summed E-state index contributed by atoms with van der Waals surface area (Å²) in [4.78, 5) is 16.7. The van der Waals surface area contributed by atoms with Gasteiger partial charge in [-0.1, -0.05) is 23.7 Å². The van der Waals surface area contributed by atoms with Crippen LogP contribution in [0.4, 0.5) is 0 Å². The van der Waals surface area contributed by atoms with E-state index in [2.05, 4.69) is 10.3 Å². The third-order valence-corrected chi connectivity index (χ3v) is 4.15. The van der Waals surface area contributed by atoms with Crippen molar-refractivity contribution in [1.82, 2.24) is 5.32 Å². The van der Waals surface area contributed by atoms with Gasteiger partial charge in [0.2, 0.25) is 5.75 Å². The van der Waals surface area contributed by atoms with E-state index in [1.807, 2.05) is 12.1 Å². The smallest absolute Gasteiger partial charge is 0.275 e. The Balaban J connectivity index is 2.02. The van der Waals surface area contributed by atoms with E-state index < -0.39 is 0 Å². The second-order valence-electron chi connectivity index (χ2n) is 5.38. The van der Waals surface area contributed by atoms with E-state index in [-0.39, 0.29) is 11.6 Å². The number of nitrogens with one attached hydrogen (secondary N) is 1. The van der Waals surface area contributed by atoms with Crippen LogP contribution in [-0.4, -0.2) is 33.1 Å². The van der Waals surface area contributed by atoms with Crippen LogP contribution in [0.1, 0.15) is 11.1 Å². The number of halogens is 1. The first-order valence-electron chi connectivity index (χ1n) is 7.74. The van der Waals surface area contributed by atoms with Gasteiger partial charge in [0, 0.05) is 5.56 Å². The zero-order chi connectivity index (χ0) is 18.7. The summed E-state index contributed by atoms with van der Waals surface area (Å²) >= 11 is 6.17. The predicted octanol–water partition coefficient (Wildman–Crippen LogP) is 3.28. The number of nitrogens with zero attached hydrogens (tertiary/aromatic N) is 1. The summed E-state index contributed by atoms with van der Waals surface area (Å²) in [6.07, 6.45) is 1.64. The van der Waals surface area contributed by atoms with Crippen LogP contribution in [0.5, 0.6) is 17.2 Å². The van der Waals surface area contributed by atoms with Crippen LogP contribution in [0.2, 0.25) is 5.02 Å². The van der Waals surface area contributed by atoms with Gasteiger partial charge in [-0.2, -0.15) is 0 Å². The lowest BCUT2D eigenvalue weighted by Gasteiger charge is -2.12. The minimum Gasteiger partial charge on any atom is -0.493 e. The number of carbonyl (C=O) groups is 1. The van der Waals surface area contributed by atoms with E-state index in [4.69, 9.17) is 25.8 Å². The molecule has 0 unspecified atom stereocenters. The van der Waals surface area contributed by atoms with Gasteiger partial charge < -0.3 is 19.5 Å². The molecule has 1 aliphatic heterocycles. The first-order chi connectivity index (χ1) is 12.6. The van der Waals surface area contributed by atoms with E-state index in [1.54, 1.807) is 30.3 Å². The molecular formula is C19H17ClN2O4. The van der Waals surface area contributed by atoms with Gasteiger partial charge in [0.15, 0.2) is 11.5 Å². The van der Waals surface area contributed by atoms with Crippen LogP contribution >= 0.6 is 11.6 Å². The largest absolute Gasteiger partial charge is 0.493 e. The third-order valence-electron chi connectivity index (χ3n) is 3.82. The topological polar surface area (TPSA) is 69.2 Å². The molecule has 0 aromatic heterocycles. The molecule has 2 aromatic rings. The lowest BCUT2D eigenvalue weighted by molar-refractivity contribution is -0.115. The standard InChI is InChI=1S/C19H17ClN2O4/c1-24-15-9-11(10-16(25-2)17(15)26-3)8-14-19(23)22-18(21-14)12-6-4-5-7-13(12)20/h4-10H,1-3H3,(H,21,22,23). The Hall–Kier alpha value is -2.99. The van der Waals surface area contributed by atoms with Crippen molar-refractivity contribution in [3.63, 3.8) is 0 Å². The molecule has 3 rings (SSSR count). The Morgan fingerprint density at radius 2 is 1.69 bits per heavy atom. The molecular weight excluding hydrogens is 356 g/mol. The number of benzene rings is 2. The van der Waals surface area contributed by atoms with Gasteiger partial charge in [-0.15, -0.1) is 0 Å². The molecule has 134 valence electrons. The number of hydrogen-bond donors (Lipinski definition) is 1. The number of amidine groups is 1. The van der Waals surface area contributed by atoms with Crippen LogP contribution in [0, 0.1) is 0 Å². The van der Waals surface area contributed by atoms with Gasteiger partial charge in [0.1, 0.15) is 11.5 Å². The van der Waals surface area contributed by atoms with Gasteiger partial charge >= 0.3 is 0 Å². The molecule has 0 spiro atoms. The summed E-state index contributed by atoms with van der Waals surface area (Å²) in [6.45, 7) is 0. The summed E-state index contributed by atoms with van der Waals surface area (Å²) in [6, 6.07) is 10.7. The van der Waals surface area contributed by atoms with E-state index in [0.717, 1.165) is 0 Å². The molecule has 7 heteroatoms. The highest BCUT2D eigenvalue weighted by Crippen LogP contribution is 2.38. The third kappa shape index (κ3) is 3.36. The number of ether oxygens (including phenoxy) is 3. The molecule has 0 saturated carbocycles. The van der Waals surface area contributed by atoms with Crippen molar-refractivity contribution in [2.24, 2.45) is 4.99 Å². The van der Waals surface area contributed by atoms with Gasteiger partial charge in [-0.3, -0.25) is 4.79 Å². The molecule has 0 atom stereocenters. The van der Waals surface area contributed by atoms with Crippen molar-refractivity contribution in [3.05, 3.63) is 58.2 Å². The first kappa shape index (κ1) is 17.8. The molecule has 1 amide bonds. The molecule has 0 bridgehead atoms. The van der Waals surface area contributed by atoms with Crippen LogP contribution < -0.4 is 19.5 Å². The number of aliphatic imine (C=N–C) groups is 1. The lowest BCUT2D eigenvalue weighted by Crippen LogP contribution is -2.24. The molecule has 1 heterocycles. The van der Waals surface area contributed by atoms with Crippen LogP contribution in [0.25, 0.3) is 6.08 Å². The van der Waals surface area contributed by atoms with E-state index in [9.17, 15) is 4.79 Å². The highest BCUT2D eigenvalue weighted by Gasteiger charge is 2.23. The van der Waals surface area contributed by atoms with Gasteiger partial charge in [0.25, 0.3) is 5.91 Å². The number of hydrogen-bond acceptors (Lipinski definition) is 5. The maximum Gasteiger partial charge on any atom is 0.275 e. The Bertz CT molecular complexity index is 897. The normalized spacial score (nSPS) is 14.8. The number of rotatable bonds is 5. The molecule has 1 aliphatic rings. The molecule has 0 saturated heterocycles. The zero-order valence-corrected chi connectivity index (χ0v) is 15.3. The van der Waals surface area contributed by atoms with Gasteiger partial charge in [-0.05, 0) is 35.9 Å². The molecule has 26 heavy (non-hydrogen) atoms. The number of methoxy groups -OCH3 is 3. The van der Waals surface area contributed by atoms with E-state index >= 15 is 0 Å².